The summed E-state index contributed by atoms with van der Waals surface area (Å²) in [5, 5.41) is 10.2. The summed E-state index contributed by atoms with van der Waals surface area (Å²) in [5.41, 5.74) is 3.39. The summed E-state index contributed by atoms with van der Waals surface area (Å²) in [5.74, 6) is -2.06. The van der Waals surface area contributed by atoms with Crippen LogP contribution in [-0.2, 0) is 14.4 Å². The highest BCUT2D eigenvalue weighted by molar-refractivity contribution is 5.86. The van der Waals surface area contributed by atoms with Crippen LogP contribution in [0.2, 0.25) is 0 Å². The third-order valence-electron chi connectivity index (χ3n) is 1.80. The molecule has 0 aromatic carbocycles. The van der Waals surface area contributed by atoms with E-state index in [0.717, 1.165) is 4.90 Å². The molecule has 0 spiro atoms. The van der Waals surface area contributed by atoms with Crippen LogP contribution in [0.1, 0.15) is 0 Å². The third kappa shape index (κ3) is 4.96. The summed E-state index contributed by atoms with van der Waals surface area (Å²) in [6, 6.07) is 0. The molecule has 0 bridgehead atoms. The van der Waals surface area contributed by atoms with E-state index in [9.17, 15) is 19.5 Å². The molecule has 0 aromatic heterocycles. The second-order valence-corrected chi connectivity index (χ2v) is 3.12. The molecular weight excluding hydrogens is 202 g/mol. The Morgan fingerprint density at radius 1 is 1.07 bits per heavy atom. The SMILES string of the molecule is CN(CC(=O)[O-])C(=O)CN(C)C(=O)C[NH3+]. The number of carbonyl (C=O) groups is 3. The minimum Gasteiger partial charge on any atom is -0.548 e. The maximum absolute atomic E-state index is 11.3. The van der Waals surface area contributed by atoms with Gasteiger partial charge in [-0.05, 0) is 0 Å². The number of hydrogen-bond donors (Lipinski definition) is 1. The second-order valence-electron chi connectivity index (χ2n) is 3.12. The monoisotopic (exact) mass is 217 g/mol. The van der Waals surface area contributed by atoms with Gasteiger partial charge in [0.2, 0.25) is 5.91 Å². The Bertz CT molecular complexity index is 267. The molecule has 0 heterocycles. The number of aliphatic carboxylic acids is 1. The minimum absolute atomic E-state index is 0.0635. The van der Waals surface area contributed by atoms with E-state index in [1.54, 1.807) is 0 Å². The predicted octanol–water partition coefficient (Wildman–Crippen LogP) is -4.10. The zero-order chi connectivity index (χ0) is 12.0. The number of carboxylic acids is 1. The molecule has 0 rings (SSSR count). The minimum atomic E-state index is -1.34. The molecule has 0 aliphatic heterocycles. The van der Waals surface area contributed by atoms with E-state index in [1.165, 1.54) is 19.0 Å². The lowest BCUT2D eigenvalue weighted by Gasteiger charge is -2.21. The van der Waals surface area contributed by atoms with Gasteiger partial charge in [0.15, 0.2) is 6.54 Å². The summed E-state index contributed by atoms with van der Waals surface area (Å²) in [7, 11) is 2.79. The van der Waals surface area contributed by atoms with E-state index in [1.807, 2.05) is 0 Å². The molecule has 0 aromatic rings. The summed E-state index contributed by atoms with van der Waals surface area (Å²) in [6.07, 6.45) is 0. The van der Waals surface area contributed by atoms with Gasteiger partial charge in [-0.2, -0.15) is 0 Å². The molecule has 0 aliphatic carbocycles. The fourth-order valence-corrected chi connectivity index (χ4v) is 0.884. The molecule has 0 aliphatic rings. The van der Waals surface area contributed by atoms with Gasteiger partial charge in [-0.3, -0.25) is 9.59 Å². The number of carbonyl (C=O) groups excluding carboxylic acids is 3. The van der Waals surface area contributed by atoms with Crippen LogP contribution in [0.25, 0.3) is 0 Å². The predicted molar refractivity (Wildman–Crippen MR) is 48.0 cm³/mol. The molecule has 0 unspecified atom stereocenters. The molecule has 2 amide bonds. The fraction of sp³-hybridized carbons (Fsp3) is 0.625. The zero-order valence-corrected chi connectivity index (χ0v) is 8.86. The van der Waals surface area contributed by atoms with Crippen molar-refractivity contribution in [2.24, 2.45) is 0 Å². The van der Waals surface area contributed by atoms with Gasteiger partial charge in [0, 0.05) is 14.1 Å². The molecule has 0 radical (unpaired) electrons. The van der Waals surface area contributed by atoms with Crippen molar-refractivity contribution in [2.75, 3.05) is 33.7 Å². The van der Waals surface area contributed by atoms with Gasteiger partial charge >= 0.3 is 0 Å². The van der Waals surface area contributed by atoms with Crippen LogP contribution in [0.3, 0.4) is 0 Å². The standard InChI is InChI=1S/C8H15N3O4/c1-10(6(12)3-9)4-7(13)11(2)5-8(14)15/h3-5,9H2,1-2H3,(H,14,15). The highest BCUT2D eigenvalue weighted by Crippen LogP contribution is 1.89. The highest BCUT2D eigenvalue weighted by atomic mass is 16.4. The molecule has 0 fully saturated rings. The van der Waals surface area contributed by atoms with Crippen molar-refractivity contribution < 1.29 is 25.2 Å². The molecule has 0 atom stereocenters. The van der Waals surface area contributed by atoms with Crippen LogP contribution >= 0.6 is 0 Å². The van der Waals surface area contributed by atoms with Crippen LogP contribution in [-0.4, -0.2) is 61.3 Å². The smallest absolute Gasteiger partial charge is 0.277 e. The van der Waals surface area contributed by atoms with Crippen molar-refractivity contribution in [3.8, 4) is 0 Å². The Morgan fingerprint density at radius 3 is 1.93 bits per heavy atom. The lowest BCUT2D eigenvalue weighted by atomic mass is 10.4. The van der Waals surface area contributed by atoms with Crippen molar-refractivity contribution in [1.29, 1.82) is 0 Å². The van der Waals surface area contributed by atoms with E-state index in [-0.39, 0.29) is 19.0 Å². The maximum atomic E-state index is 11.3. The van der Waals surface area contributed by atoms with Crippen LogP contribution in [0.15, 0.2) is 0 Å². The topological polar surface area (TPSA) is 108 Å². The number of nitrogens with zero attached hydrogens (tertiary/aromatic N) is 2. The van der Waals surface area contributed by atoms with Gasteiger partial charge in [0.1, 0.15) is 0 Å². The van der Waals surface area contributed by atoms with E-state index >= 15 is 0 Å². The highest BCUT2D eigenvalue weighted by Gasteiger charge is 2.15. The van der Waals surface area contributed by atoms with Gasteiger partial charge in [0.25, 0.3) is 5.91 Å². The summed E-state index contributed by atoms with van der Waals surface area (Å²) >= 11 is 0. The summed E-state index contributed by atoms with van der Waals surface area (Å²) in [6.45, 7) is -0.572. The average Bonchev–Trinajstić information content (AvgIpc) is 2.15. The summed E-state index contributed by atoms with van der Waals surface area (Å²) in [4.78, 5) is 34.8. The number of likely N-dealkylation sites (N-methyl/N-ethyl adjacent to an activating group) is 2. The first-order valence-electron chi connectivity index (χ1n) is 4.35. The first-order chi connectivity index (χ1) is 6.88. The second kappa shape index (κ2) is 5.97. The van der Waals surface area contributed by atoms with E-state index in [4.69, 9.17) is 0 Å². The third-order valence-corrected chi connectivity index (χ3v) is 1.80. The number of rotatable bonds is 5. The van der Waals surface area contributed by atoms with Crippen LogP contribution in [0.4, 0.5) is 0 Å². The fourth-order valence-electron chi connectivity index (χ4n) is 0.884. The molecule has 7 heteroatoms. The Kier molecular flexibility index (Phi) is 5.32. The lowest BCUT2D eigenvalue weighted by Crippen LogP contribution is -2.58. The van der Waals surface area contributed by atoms with Crippen LogP contribution < -0.4 is 10.8 Å². The van der Waals surface area contributed by atoms with Crippen molar-refractivity contribution >= 4 is 17.8 Å². The Balaban J connectivity index is 4.12. The molecule has 86 valence electrons. The van der Waals surface area contributed by atoms with Crippen molar-refractivity contribution in [3.63, 3.8) is 0 Å². The van der Waals surface area contributed by atoms with Crippen molar-refractivity contribution in [3.05, 3.63) is 0 Å². The van der Waals surface area contributed by atoms with Crippen molar-refractivity contribution in [1.82, 2.24) is 9.80 Å². The Hall–Kier alpha value is -1.63. The van der Waals surface area contributed by atoms with E-state index < -0.39 is 18.4 Å². The zero-order valence-electron chi connectivity index (χ0n) is 8.86. The average molecular weight is 217 g/mol. The Labute approximate surface area is 87.4 Å². The molecule has 7 nitrogen and oxygen atoms in total. The molecule has 3 N–H and O–H groups in total. The molecule has 0 saturated heterocycles. The number of hydrogen-bond acceptors (Lipinski definition) is 4. The van der Waals surface area contributed by atoms with Gasteiger partial charge in [0.05, 0.1) is 19.1 Å². The summed E-state index contributed by atoms with van der Waals surface area (Å²) < 4.78 is 0. The van der Waals surface area contributed by atoms with Gasteiger partial charge < -0.3 is 25.4 Å². The number of quaternary nitrogens is 1. The number of amides is 2. The first kappa shape index (κ1) is 13.4. The Morgan fingerprint density at radius 2 is 1.53 bits per heavy atom. The van der Waals surface area contributed by atoms with Crippen molar-refractivity contribution in [2.45, 2.75) is 0 Å². The molecule has 0 saturated carbocycles. The van der Waals surface area contributed by atoms with E-state index in [0.29, 0.717) is 0 Å². The van der Waals surface area contributed by atoms with Crippen LogP contribution in [0.5, 0.6) is 0 Å². The van der Waals surface area contributed by atoms with E-state index in [2.05, 4.69) is 5.73 Å². The molecular formula is C8H15N3O4. The van der Waals surface area contributed by atoms with Crippen LogP contribution in [0, 0.1) is 0 Å². The number of carboxylic acid groups (broad SMARTS) is 1. The largest absolute Gasteiger partial charge is 0.548 e. The van der Waals surface area contributed by atoms with Gasteiger partial charge in [-0.1, -0.05) is 0 Å². The van der Waals surface area contributed by atoms with Gasteiger partial charge in [-0.25, -0.2) is 0 Å². The van der Waals surface area contributed by atoms with Gasteiger partial charge in [-0.15, -0.1) is 0 Å². The molecule has 15 heavy (non-hydrogen) atoms. The normalized spacial score (nSPS) is 9.53. The lowest BCUT2D eigenvalue weighted by molar-refractivity contribution is -0.356. The quantitative estimate of drug-likeness (QED) is 0.504. The maximum Gasteiger partial charge on any atom is 0.277 e. The first-order valence-corrected chi connectivity index (χ1v) is 4.35.